The molecule has 0 spiro atoms. The molecule has 7 nitrogen and oxygen atoms in total. The fourth-order valence-corrected chi connectivity index (χ4v) is 4.34. The molecule has 1 aliphatic carbocycles. The highest BCUT2D eigenvalue weighted by atomic mass is 19.1. The lowest BCUT2D eigenvalue weighted by Crippen LogP contribution is -2.48. The lowest BCUT2D eigenvalue weighted by molar-refractivity contribution is -0.00491. The summed E-state index contributed by atoms with van der Waals surface area (Å²) >= 11 is 0. The number of nitrogens with one attached hydrogen (secondary N) is 2. The second-order valence-corrected chi connectivity index (χ2v) is 9.45. The number of rotatable bonds is 6. The predicted octanol–water partition coefficient (Wildman–Crippen LogP) is 4.05. The fraction of sp³-hybridized carbons (Fsp3) is 0.500. The predicted molar refractivity (Wildman–Crippen MR) is 128 cm³/mol. The first-order valence-corrected chi connectivity index (χ1v) is 11.3. The molecular weight excluding hydrogens is 426 g/mol. The number of nitrogens with zero attached hydrogens (tertiary/aromatic N) is 3. The van der Waals surface area contributed by atoms with Gasteiger partial charge in [-0.25, -0.2) is 18.8 Å². The minimum Gasteiger partial charge on any atom is -0.403 e. The molecule has 0 amide bonds. The molecule has 1 aromatic carbocycles. The van der Waals surface area contributed by atoms with Crippen LogP contribution >= 0.6 is 0 Å². The number of hydrogen-bond donors (Lipinski definition) is 4. The van der Waals surface area contributed by atoms with Gasteiger partial charge in [-0.3, -0.25) is 4.90 Å². The normalized spacial score (nSPS) is 23.9. The van der Waals surface area contributed by atoms with Crippen molar-refractivity contribution in [2.75, 3.05) is 5.32 Å². The molecule has 0 unspecified atom stereocenters. The summed E-state index contributed by atoms with van der Waals surface area (Å²) in [6.45, 7) is 11.6. The largest absolute Gasteiger partial charge is 0.403 e. The molecule has 180 valence electrons. The van der Waals surface area contributed by atoms with Crippen LogP contribution in [0.25, 0.3) is 0 Å². The third-order valence-electron chi connectivity index (χ3n) is 6.00. The Morgan fingerprint density at radius 2 is 1.97 bits per heavy atom. The molecule has 0 radical (unpaired) electrons. The van der Waals surface area contributed by atoms with Gasteiger partial charge in [0.25, 0.3) is 0 Å². The Morgan fingerprint density at radius 3 is 2.52 bits per heavy atom. The standard InChI is InChI=1S/C24H34F2N6O/c1-14(2)28-15(3)29-22-21(13-27)31-23(30-20-11-8-17(25)12-19(20)26)32(22)18-9-6-16(7-10-18)24(4,5)33/h8,11-14,16,18,28,33H,3,6-7,9-10,27H2,1-2,4-5H3,(H,30,31)/b21-13+,29-22+/t16-,18+. The number of halogens is 2. The van der Waals surface area contributed by atoms with E-state index in [4.69, 9.17) is 5.73 Å². The monoisotopic (exact) mass is 460 g/mol. The number of amidine groups is 1. The molecule has 0 aromatic heterocycles. The first-order chi connectivity index (χ1) is 15.5. The van der Waals surface area contributed by atoms with E-state index in [0.717, 1.165) is 31.7 Å². The van der Waals surface area contributed by atoms with Crippen LogP contribution < -0.4 is 16.4 Å². The average molecular weight is 461 g/mol. The Balaban J connectivity index is 1.94. The number of hydrogen-bond acceptors (Lipinski definition) is 6. The van der Waals surface area contributed by atoms with Crippen molar-refractivity contribution in [3.63, 3.8) is 0 Å². The van der Waals surface area contributed by atoms with Crippen molar-refractivity contribution in [1.82, 2.24) is 10.2 Å². The summed E-state index contributed by atoms with van der Waals surface area (Å²) in [6.07, 6.45) is 4.56. The van der Waals surface area contributed by atoms with Gasteiger partial charge in [0.05, 0.1) is 11.3 Å². The van der Waals surface area contributed by atoms with Gasteiger partial charge < -0.3 is 21.5 Å². The van der Waals surface area contributed by atoms with Crippen LogP contribution in [0.1, 0.15) is 53.4 Å². The van der Waals surface area contributed by atoms with E-state index in [-0.39, 0.29) is 23.7 Å². The van der Waals surface area contributed by atoms with Crippen molar-refractivity contribution in [3.05, 3.63) is 54.1 Å². The summed E-state index contributed by atoms with van der Waals surface area (Å²) in [5, 5.41) is 16.6. The summed E-state index contributed by atoms with van der Waals surface area (Å²) < 4.78 is 27.8. The van der Waals surface area contributed by atoms with Crippen LogP contribution in [0.3, 0.4) is 0 Å². The molecule has 1 saturated carbocycles. The van der Waals surface area contributed by atoms with E-state index in [1.54, 1.807) is 0 Å². The average Bonchev–Trinajstić information content (AvgIpc) is 3.05. The Hall–Kier alpha value is -2.94. The van der Waals surface area contributed by atoms with Gasteiger partial charge in [-0.15, -0.1) is 0 Å². The van der Waals surface area contributed by atoms with Crippen molar-refractivity contribution in [1.29, 1.82) is 0 Å². The quantitative estimate of drug-likeness (QED) is 0.514. The summed E-state index contributed by atoms with van der Waals surface area (Å²) in [7, 11) is 0. The van der Waals surface area contributed by atoms with E-state index in [9.17, 15) is 13.9 Å². The maximum absolute atomic E-state index is 14.4. The van der Waals surface area contributed by atoms with Crippen LogP contribution in [0.4, 0.5) is 14.5 Å². The molecule has 5 N–H and O–H groups in total. The van der Waals surface area contributed by atoms with E-state index >= 15 is 0 Å². The third kappa shape index (κ3) is 5.90. The highest BCUT2D eigenvalue weighted by Gasteiger charge is 2.39. The second kappa shape index (κ2) is 9.91. The Bertz CT molecular complexity index is 972. The van der Waals surface area contributed by atoms with Crippen LogP contribution in [0, 0.1) is 17.6 Å². The molecule has 1 aliphatic heterocycles. The smallest absolute Gasteiger partial charge is 0.210 e. The van der Waals surface area contributed by atoms with Gasteiger partial charge in [0.15, 0.2) is 5.84 Å². The van der Waals surface area contributed by atoms with Gasteiger partial charge in [0, 0.05) is 24.4 Å². The first kappa shape index (κ1) is 24.7. The number of aliphatic imine (C=N–C) groups is 2. The number of anilines is 1. The second-order valence-electron chi connectivity index (χ2n) is 9.45. The van der Waals surface area contributed by atoms with E-state index in [2.05, 4.69) is 27.2 Å². The van der Waals surface area contributed by atoms with Crippen molar-refractivity contribution >= 4 is 17.5 Å². The third-order valence-corrected chi connectivity index (χ3v) is 6.00. The van der Waals surface area contributed by atoms with Crippen LogP contribution in [0.2, 0.25) is 0 Å². The zero-order chi connectivity index (χ0) is 24.3. The lowest BCUT2D eigenvalue weighted by atomic mass is 9.77. The van der Waals surface area contributed by atoms with Gasteiger partial charge in [0.2, 0.25) is 5.96 Å². The van der Waals surface area contributed by atoms with Crippen molar-refractivity contribution < 1.29 is 13.9 Å². The molecular formula is C24H34F2N6O. The molecule has 3 rings (SSSR count). The maximum Gasteiger partial charge on any atom is 0.210 e. The number of nitrogens with two attached hydrogens (primary N) is 1. The molecule has 2 aliphatic rings. The number of benzene rings is 1. The molecule has 0 bridgehead atoms. The molecule has 1 heterocycles. The number of guanidine groups is 1. The SMILES string of the molecule is C=C(/N=C1\C(=C/N)N=C(Nc2ccc(F)cc2F)N1[C@H]1CC[C@@H](C(C)(C)O)CC1)NC(C)C. The van der Waals surface area contributed by atoms with Crippen LogP contribution in [0.5, 0.6) is 0 Å². The summed E-state index contributed by atoms with van der Waals surface area (Å²) in [4.78, 5) is 11.1. The molecule has 9 heteroatoms. The molecule has 0 saturated heterocycles. The van der Waals surface area contributed by atoms with Crippen LogP contribution in [0.15, 0.2) is 52.5 Å². The topological polar surface area (TPSA) is 98.3 Å². The van der Waals surface area contributed by atoms with Gasteiger partial charge >= 0.3 is 0 Å². The fourth-order valence-electron chi connectivity index (χ4n) is 4.34. The van der Waals surface area contributed by atoms with Crippen molar-refractivity contribution in [2.45, 2.75) is 71.1 Å². The molecule has 1 aromatic rings. The summed E-state index contributed by atoms with van der Waals surface area (Å²) in [5.74, 6) is 0.125. The maximum atomic E-state index is 14.4. The molecule has 33 heavy (non-hydrogen) atoms. The Morgan fingerprint density at radius 1 is 1.30 bits per heavy atom. The van der Waals surface area contributed by atoms with E-state index in [1.807, 2.05) is 32.6 Å². The summed E-state index contributed by atoms with van der Waals surface area (Å²) in [5.41, 5.74) is 5.64. The van der Waals surface area contributed by atoms with Crippen LogP contribution in [-0.2, 0) is 0 Å². The van der Waals surface area contributed by atoms with E-state index in [0.29, 0.717) is 23.3 Å². The minimum atomic E-state index is -0.753. The Labute approximate surface area is 194 Å². The van der Waals surface area contributed by atoms with Gasteiger partial charge in [-0.2, -0.15) is 0 Å². The van der Waals surface area contributed by atoms with Crippen molar-refractivity contribution in [2.24, 2.45) is 21.6 Å². The van der Waals surface area contributed by atoms with Crippen molar-refractivity contribution in [3.8, 4) is 0 Å². The summed E-state index contributed by atoms with van der Waals surface area (Å²) in [6, 6.07) is 3.47. The zero-order valence-corrected chi connectivity index (χ0v) is 19.7. The number of aliphatic hydroxyl groups is 1. The highest BCUT2D eigenvalue weighted by molar-refractivity contribution is 6.18. The van der Waals surface area contributed by atoms with E-state index < -0.39 is 17.2 Å². The minimum absolute atomic E-state index is 0.00131. The Kier molecular flexibility index (Phi) is 7.41. The van der Waals surface area contributed by atoms with E-state index in [1.165, 1.54) is 18.3 Å². The van der Waals surface area contributed by atoms with Gasteiger partial charge in [-0.05, 0) is 71.4 Å². The van der Waals surface area contributed by atoms with Crippen LogP contribution in [-0.4, -0.2) is 39.5 Å². The lowest BCUT2D eigenvalue weighted by Gasteiger charge is -2.40. The van der Waals surface area contributed by atoms with Gasteiger partial charge in [0.1, 0.15) is 23.2 Å². The van der Waals surface area contributed by atoms with Gasteiger partial charge in [-0.1, -0.05) is 6.58 Å². The zero-order valence-electron chi connectivity index (χ0n) is 19.7. The molecule has 1 fully saturated rings. The molecule has 0 atom stereocenters. The first-order valence-electron chi connectivity index (χ1n) is 11.3. The highest BCUT2D eigenvalue weighted by Crippen LogP contribution is 2.36.